The van der Waals surface area contributed by atoms with Gasteiger partial charge in [0.25, 0.3) is 0 Å². The molecule has 6 heteroatoms. The second-order valence-corrected chi connectivity index (χ2v) is 7.42. The van der Waals surface area contributed by atoms with Crippen LogP contribution in [0, 0.1) is 12.8 Å². The molecular weight excluding hydrogens is 371 g/mol. The van der Waals surface area contributed by atoms with Crippen molar-refractivity contribution in [1.82, 2.24) is 0 Å². The van der Waals surface area contributed by atoms with E-state index in [-0.39, 0.29) is 17.7 Å². The van der Waals surface area contributed by atoms with Crippen LogP contribution >= 0.6 is 23.2 Å². The van der Waals surface area contributed by atoms with Crippen LogP contribution < -0.4 is 10.6 Å². The first kappa shape index (κ1) is 18.7. The number of carbonyl (C=O) groups excluding carboxylic acids is 2. The van der Waals surface area contributed by atoms with Gasteiger partial charge in [0.1, 0.15) is 0 Å². The van der Waals surface area contributed by atoms with Crippen molar-refractivity contribution in [2.24, 2.45) is 5.92 Å². The molecule has 2 amide bonds. The Morgan fingerprint density at radius 2 is 1.85 bits per heavy atom. The molecule has 0 aliphatic heterocycles. The highest BCUT2D eigenvalue weighted by molar-refractivity contribution is 6.35. The zero-order valence-corrected chi connectivity index (χ0v) is 16.0. The molecule has 2 N–H and O–H groups in total. The molecule has 1 saturated carbocycles. The topological polar surface area (TPSA) is 58.2 Å². The van der Waals surface area contributed by atoms with E-state index in [1.165, 1.54) is 0 Å². The Hall–Kier alpha value is -2.04. The minimum atomic E-state index is -0.107. The summed E-state index contributed by atoms with van der Waals surface area (Å²) in [6, 6.07) is 10.8. The van der Waals surface area contributed by atoms with Gasteiger partial charge < -0.3 is 10.6 Å². The molecule has 4 nitrogen and oxygen atoms in total. The Bertz CT molecular complexity index is 848. The van der Waals surface area contributed by atoms with Gasteiger partial charge in [-0.15, -0.1) is 0 Å². The summed E-state index contributed by atoms with van der Waals surface area (Å²) in [6.45, 7) is 1.91. The van der Waals surface area contributed by atoms with Crippen LogP contribution in [0.25, 0.3) is 0 Å². The third-order valence-electron chi connectivity index (χ3n) is 4.36. The van der Waals surface area contributed by atoms with Crippen molar-refractivity contribution in [2.45, 2.75) is 32.6 Å². The van der Waals surface area contributed by atoms with Crippen molar-refractivity contribution in [1.29, 1.82) is 0 Å². The molecular formula is C20H20Cl2N2O2. The van der Waals surface area contributed by atoms with Crippen LogP contribution in [-0.2, 0) is 16.0 Å². The lowest BCUT2D eigenvalue weighted by molar-refractivity contribution is -0.117. The molecule has 0 bridgehead atoms. The molecule has 0 saturated heterocycles. The largest absolute Gasteiger partial charge is 0.326 e. The van der Waals surface area contributed by atoms with Crippen LogP contribution in [-0.4, -0.2) is 11.8 Å². The van der Waals surface area contributed by atoms with Crippen molar-refractivity contribution >= 4 is 46.4 Å². The lowest BCUT2D eigenvalue weighted by Gasteiger charge is -2.12. The van der Waals surface area contributed by atoms with E-state index < -0.39 is 0 Å². The van der Waals surface area contributed by atoms with Crippen LogP contribution in [0.4, 0.5) is 11.4 Å². The first-order valence-corrected chi connectivity index (χ1v) is 9.33. The standard InChI is InChI=1S/C20H20Cl2N2O2/c1-12-2-8-16(23-20(26)14-3-4-14)11-18(12)24-19(25)9-6-13-5-7-15(21)10-17(13)22/h2,5,7-8,10-11,14H,3-4,6,9H2,1H3,(H,23,26)(H,24,25). The summed E-state index contributed by atoms with van der Waals surface area (Å²) in [6.07, 6.45) is 2.74. The quantitative estimate of drug-likeness (QED) is 0.709. The van der Waals surface area contributed by atoms with E-state index in [4.69, 9.17) is 23.2 Å². The van der Waals surface area contributed by atoms with Crippen molar-refractivity contribution in [3.05, 3.63) is 57.6 Å². The van der Waals surface area contributed by atoms with Gasteiger partial charge in [-0.1, -0.05) is 35.3 Å². The maximum atomic E-state index is 12.3. The number of rotatable bonds is 6. The molecule has 1 aliphatic rings. The predicted octanol–water partition coefficient (Wildman–Crippen LogP) is 5.22. The molecule has 2 aromatic carbocycles. The highest BCUT2D eigenvalue weighted by atomic mass is 35.5. The number of amides is 2. The molecule has 3 rings (SSSR count). The van der Waals surface area contributed by atoms with Crippen LogP contribution in [0.15, 0.2) is 36.4 Å². The van der Waals surface area contributed by atoms with Crippen LogP contribution in [0.5, 0.6) is 0 Å². The van der Waals surface area contributed by atoms with Gasteiger partial charge in [0.2, 0.25) is 11.8 Å². The second-order valence-electron chi connectivity index (χ2n) is 6.58. The minimum absolute atomic E-state index is 0.0449. The number of halogens is 2. The molecule has 0 radical (unpaired) electrons. The van der Waals surface area contributed by atoms with Gasteiger partial charge >= 0.3 is 0 Å². The van der Waals surface area contributed by atoms with E-state index in [2.05, 4.69) is 10.6 Å². The van der Waals surface area contributed by atoms with Crippen LogP contribution in [0.3, 0.4) is 0 Å². The number of aryl methyl sites for hydroxylation is 2. The van der Waals surface area contributed by atoms with Gasteiger partial charge in [0.05, 0.1) is 0 Å². The lowest BCUT2D eigenvalue weighted by atomic mass is 10.1. The van der Waals surface area contributed by atoms with Gasteiger partial charge in [-0.25, -0.2) is 0 Å². The van der Waals surface area contributed by atoms with Gasteiger partial charge in [-0.3, -0.25) is 9.59 Å². The first-order valence-electron chi connectivity index (χ1n) is 8.57. The Morgan fingerprint density at radius 3 is 2.54 bits per heavy atom. The summed E-state index contributed by atoms with van der Waals surface area (Å²) in [4.78, 5) is 24.2. The average molecular weight is 391 g/mol. The van der Waals surface area contributed by atoms with E-state index in [1.807, 2.05) is 25.1 Å². The molecule has 1 fully saturated rings. The predicted molar refractivity (Wildman–Crippen MR) is 106 cm³/mol. The third kappa shape index (κ3) is 4.99. The fourth-order valence-electron chi connectivity index (χ4n) is 2.61. The number of carbonyl (C=O) groups is 2. The normalized spacial score (nSPS) is 13.3. The van der Waals surface area contributed by atoms with E-state index >= 15 is 0 Å². The smallest absolute Gasteiger partial charge is 0.227 e. The van der Waals surface area contributed by atoms with E-state index in [0.717, 1.165) is 24.0 Å². The van der Waals surface area contributed by atoms with E-state index in [0.29, 0.717) is 34.3 Å². The molecule has 0 heterocycles. The maximum Gasteiger partial charge on any atom is 0.227 e. The first-order chi connectivity index (χ1) is 12.4. The highest BCUT2D eigenvalue weighted by Crippen LogP contribution is 2.31. The summed E-state index contributed by atoms with van der Waals surface area (Å²) in [7, 11) is 0. The van der Waals surface area contributed by atoms with Crippen molar-refractivity contribution in [3.63, 3.8) is 0 Å². The molecule has 136 valence electrons. The summed E-state index contributed by atoms with van der Waals surface area (Å²) < 4.78 is 0. The van der Waals surface area contributed by atoms with Crippen LogP contribution in [0.1, 0.15) is 30.4 Å². The zero-order chi connectivity index (χ0) is 18.7. The second kappa shape index (κ2) is 8.11. The fraction of sp³-hybridized carbons (Fsp3) is 0.300. The number of benzene rings is 2. The number of anilines is 2. The number of nitrogens with one attached hydrogen (secondary N) is 2. The van der Waals surface area contributed by atoms with Crippen molar-refractivity contribution < 1.29 is 9.59 Å². The lowest BCUT2D eigenvalue weighted by Crippen LogP contribution is -2.15. The Labute approximate surface area is 162 Å². The van der Waals surface area contributed by atoms with Gasteiger partial charge in [0, 0.05) is 33.8 Å². The minimum Gasteiger partial charge on any atom is -0.326 e. The summed E-state index contributed by atoms with van der Waals surface area (Å²) >= 11 is 12.0. The Morgan fingerprint density at radius 1 is 1.08 bits per heavy atom. The van der Waals surface area contributed by atoms with E-state index in [1.54, 1.807) is 18.2 Å². The molecule has 26 heavy (non-hydrogen) atoms. The fourth-order valence-corrected chi connectivity index (χ4v) is 3.11. The molecule has 0 aromatic heterocycles. The molecule has 0 spiro atoms. The van der Waals surface area contributed by atoms with Crippen molar-refractivity contribution in [2.75, 3.05) is 10.6 Å². The SMILES string of the molecule is Cc1ccc(NC(=O)C2CC2)cc1NC(=O)CCc1ccc(Cl)cc1Cl. The monoisotopic (exact) mass is 390 g/mol. The summed E-state index contributed by atoms with van der Waals surface area (Å²) in [5.74, 6) is 0.0757. The number of hydrogen-bond donors (Lipinski definition) is 2. The molecule has 2 aromatic rings. The molecule has 0 unspecified atom stereocenters. The average Bonchev–Trinajstić information content (AvgIpc) is 3.42. The van der Waals surface area contributed by atoms with E-state index in [9.17, 15) is 9.59 Å². The zero-order valence-electron chi connectivity index (χ0n) is 14.4. The third-order valence-corrected chi connectivity index (χ3v) is 4.95. The highest BCUT2D eigenvalue weighted by Gasteiger charge is 2.29. The van der Waals surface area contributed by atoms with Crippen molar-refractivity contribution in [3.8, 4) is 0 Å². The maximum absolute atomic E-state index is 12.3. The number of hydrogen-bond acceptors (Lipinski definition) is 2. The van der Waals surface area contributed by atoms with Gasteiger partial charge in [-0.05, 0) is 61.6 Å². The van der Waals surface area contributed by atoms with Crippen LogP contribution in [0.2, 0.25) is 10.0 Å². The molecule has 1 aliphatic carbocycles. The summed E-state index contributed by atoms with van der Waals surface area (Å²) in [5.41, 5.74) is 3.22. The summed E-state index contributed by atoms with van der Waals surface area (Å²) in [5, 5.41) is 6.94. The van der Waals surface area contributed by atoms with Gasteiger partial charge in [0.15, 0.2) is 0 Å². The van der Waals surface area contributed by atoms with Gasteiger partial charge in [-0.2, -0.15) is 0 Å². The Balaban J connectivity index is 1.60. The Kier molecular flexibility index (Phi) is 5.84. The molecule has 0 atom stereocenters.